The van der Waals surface area contributed by atoms with E-state index in [1.807, 2.05) is 31.2 Å². The first-order valence-electron chi connectivity index (χ1n) is 5.82. The lowest BCUT2D eigenvalue weighted by Crippen LogP contribution is -2.04. The number of rotatable bonds is 4. The molecular weight excluding hydrogens is 240 g/mol. The number of nitrogens with zero attached hydrogens (tertiary/aromatic N) is 5. The van der Waals surface area contributed by atoms with Crippen LogP contribution in [0.3, 0.4) is 0 Å². The highest BCUT2D eigenvalue weighted by molar-refractivity contribution is 5.39. The number of anilines is 1. The van der Waals surface area contributed by atoms with Gasteiger partial charge in [0.25, 0.3) is 0 Å². The summed E-state index contributed by atoms with van der Waals surface area (Å²) in [6.45, 7) is 3.28. The normalized spacial score (nSPS) is 9.63. The minimum absolute atomic E-state index is 0.156. The van der Waals surface area contributed by atoms with Crippen LogP contribution in [0.25, 0.3) is 0 Å². The molecule has 0 spiro atoms. The molecule has 0 bridgehead atoms. The summed E-state index contributed by atoms with van der Waals surface area (Å²) in [7, 11) is 0. The number of aromatic nitrogens is 3. The van der Waals surface area contributed by atoms with Gasteiger partial charge in [-0.3, -0.25) is 0 Å². The molecule has 0 atom stereocenters. The Balaban J connectivity index is 2.27. The van der Waals surface area contributed by atoms with Gasteiger partial charge in [0.1, 0.15) is 18.0 Å². The molecule has 0 fully saturated rings. The lowest BCUT2D eigenvalue weighted by atomic mass is 10.2. The van der Waals surface area contributed by atoms with Crippen LogP contribution in [0.2, 0.25) is 0 Å². The molecule has 2 heterocycles. The van der Waals surface area contributed by atoms with Gasteiger partial charge in [-0.1, -0.05) is 0 Å². The van der Waals surface area contributed by atoms with E-state index >= 15 is 0 Å². The van der Waals surface area contributed by atoms with E-state index in [0.29, 0.717) is 6.54 Å². The van der Waals surface area contributed by atoms with E-state index in [0.717, 1.165) is 17.9 Å². The Labute approximate surface area is 111 Å². The van der Waals surface area contributed by atoms with Crippen LogP contribution in [-0.4, -0.2) is 21.1 Å². The Hall–Kier alpha value is -2.86. The molecule has 0 saturated heterocycles. The molecule has 0 aliphatic carbocycles. The molecule has 6 heteroatoms. The van der Waals surface area contributed by atoms with Gasteiger partial charge in [-0.15, -0.1) is 0 Å². The Bertz CT molecular complexity index is 659. The summed E-state index contributed by atoms with van der Waals surface area (Å²) < 4.78 is 1.66. The maximum absolute atomic E-state index is 9.05. The Morgan fingerprint density at radius 1 is 1.32 bits per heavy atom. The molecular formula is C13H12N6. The van der Waals surface area contributed by atoms with E-state index in [9.17, 15) is 0 Å². The number of nitrogens with one attached hydrogen (secondary N) is 1. The molecule has 0 amide bonds. The van der Waals surface area contributed by atoms with Crippen LogP contribution in [0.1, 0.15) is 23.9 Å². The molecule has 0 saturated carbocycles. The van der Waals surface area contributed by atoms with Crippen molar-refractivity contribution in [3.63, 3.8) is 0 Å². The summed E-state index contributed by atoms with van der Waals surface area (Å²) in [5, 5.41) is 21.0. The average molecular weight is 252 g/mol. The van der Waals surface area contributed by atoms with E-state index in [1.165, 1.54) is 6.33 Å². The van der Waals surface area contributed by atoms with Crippen LogP contribution in [-0.2, 0) is 6.54 Å². The fourth-order valence-corrected chi connectivity index (χ4v) is 1.75. The topological polar surface area (TPSA) is 90.3 Å². The Morgan fingerprint density at radius 2 is 2.16 bits per heavy atom. The number of hydrogen-bond donors (Lipinski definition) is 1. The summed E-state index contributed by atoms with van der Waals surface area (Å²) in [6, 6.07) is 7.69. The first kappa shape index (κ1) is 12.6. The van der Waals surface area contributed by atoms with Crippen molar-refractivity contribution in [2.24, 2.45) is 0 Å². The number of pyridine rings is 1. The summed E-state index contributed by atoms with van der Waals surface area (Å²) in [4.78, 5) is 8.09. The fourth-order valence-electron chi connectivity index (χ4n) is 1.75. The predicted octanol–water partition coefficient (Wildman–Crippen LogP) is 1.50. The van der Waals surface area contributed by atoms with E-state index in [-0.39, 0.29) is 11.4 Å². The molecule has 2 aromatic rings. The zero-order valence-electron chi connectivity index (χ0n) is 10.5. The third kappa shape index (κ3) is 2.70. The smallest absolute Gasteiger partial charge is 0.176 e. The molecule has 0 aliphatic rings. The van der Waals surface area contributed by atoms with Crippen LogP contribution in [0.15, 0.2) is 24.7 Å². The largest absolute Gasteiger partial charge is 0.370 e. The van der Waals surface area contributed by atoms with Gasteiger partial charge < -0.3 is 9.88 Å². The highest BCUT2D eigenvalue weighted by atomic mass is 15.1. The zero-order chi connectivity index (χ0) is 13.7. The molecule has 0 aromatic carbocycles. The Kier molecular flexibility index (Phi) is 3.75. The van der Waals surface area contributed by atoms with Crippen LogP contribution in [0.5, 0.6) is 0 Å². The van der Waals surface area contributed by atoms with Crippen molar-refractivity contribution < 1.29 is 0 Å². The summed E-state index contributed by atoms with van der Waals surface area (Å²) in [5.41, 5.74) is 1.43. The minimum atomic E-state index is 0.156. The highest BCUT2D eigenvalue weighted by Gasteiger charge is 2.10. The zero-order valence-corrected chi connectivity index (χ0v) is 10.5. The van der Waals surface area contributed by atoms with Gasteiger partial charge in [0, 0.05) is 19.3 Å². The van der Waals surface area contributed by atoms with Gasteiger partial charge in [0.15, 0.2) is 11.4 Å². The van der Waals surface area contributed by atoms with Gasteiger partial charge in [-0.25, -0.2) is 9.97 Å². The van der Waals surface area contributed by atoms with Crippen molar-refractivity contribution in [2.75, 3.05) is 11.9 Å². The molecule has 2 aromatic heterocycles. The second-order valence-electron chi connectivity index (χ2n) is 3.87. The highest BCUT2D eigenvalue weighted by Crippen LogP contribution is 2.11. The second-order valence-corrected chi connectivity index (χ2v) is 3.87. The van der Waals surface area contributed by atoms with Crippen LogP contribution < -0.4 is 5.32 Å². The molecule has 0 radical (unpaired) electrons. The third-order valence-corrected chi connectivity index (χ3v) is 2.58. The fraction of sp³-hybridized carbons (Fsp3) is 0.231. The van der Waals surface area contributed by atoms with Crippen LogP contribution in [0, 0.1) is 22.7 Å². The van der Waals surface area contributed by atoms with Crippen molar-refractivity contribution in [1.82, 2.24) is 14.5 Å². The second kappa shape index (κ2) is 5.65. The van der Waals surface area contributed by atoms with E-state index in [1.54, 1.807) is 10.8 Å². The van der Waals surface area contributed by atoms with E-state index in [2.05, 4.69) is 15.3 Å². The monoisotopic (exact) mass is 252 g/mol. The van der Waals surface area contributed by atoms with Gasteiger partial charge in [-0.2, -0.15) is 10.5 Å². The molecule has 94 valence electrons. The molecule has 2 rings (SSSR count). The SMILES string of the molecule is CCNc1cc(Cn2cnc(C#N)c2C#N)ccn1. The first-order chi connectivity index (χ1) is 9.28. The summed E-state index contributed by atoms with van der Waals surface area (Å²) in [6.07, 6.45) is 3.21. The maximum Gasteiger partial charge on any atom is 0.176 e. The van der Waals surface area contributed by atoms with Crippen LogP contribution >= 0.6 is 0 Å². The number of nitriles is 2. The quantitative estimate of drug-likeness (QED) is 0.890. The maximum atomic E-state index is 9.05. The molecule has 19 heavy (non-hydrogen) atoms. The van der Waals surface area contributed by atoms with Crippen LogP contribution in [0.4, 0.5) is 5.82 Å². The van der Waals surface area contributed by atoms with Crippen molar-refractivity contribution in [3.8, 4) is 12.1 Å². The standard InChI is InChI=1S/C13H12N6/c1-2-16-13-5-10(3-4-17-13)8-19-9-18-11(6-14)12(19)7-15/h3-5,9H,2,8H2,1H3,(H,16,17). The molecule has 6 nitrogen and oxygen atoms in total. The third-order valence-electron chi connectivity index (χ3n) is 2.58. The van der Waals surface area contributed by atoms with E-state index < -0.39 is 0 Å². The Morgan fingerprint density at radius 3 is 2.84 bits per heavy atom. The lowest BCUT2D eigenvalue weighted by Gasteiger charge is -2.06. The van der Waals surface area contributed by atoms with Crippen molar-refractivity contribution >= 4 is 5.82 Å². The summed E-state index contributed by atoms with van der Waals surface area (Å²) >= 11 is 0. The van der Waals surface area contributed by atoms with Gasteiger partial charge in [0.2, 0.25) is 0 Å². The minimum Gasteiger partial charge on any atom is -0.370 e. The summed E-state index contributed by atoms with van der Waals surface area (Å²) in [5.74, 6) is 0.791. The first-order valence-corrected chi connectivity index (χ1v) is 5.82. The lowest BCUT2D eigenvalue weighted by molar-refractivity contribution is 0.784. The molecule has 0 aliphatic heterocycles. The van der Waals surface area contributed by atoms with Gasteiger partial charge in [-0.05, 0) is 24.6 Å². The van der Waals surface area contributed by atoms with Gasteiger partial charge in [0.05, 0.1) is 6.33 Å². The average Bonchev–Trinajstić information content (AvgIpc) is 2.81. The number of hydrogen-bond acceptors (Lipinski definition) is 5. The molecule has 1 N–H and O–H groups in total. The number of imidazole rings is 1. The molecule has 0 unspecified atom stereocenters. The van der Waals surface area contributed by atoms with Crippen molar-refractivity contribution in [3.05, 3.63) is 41.6 Å². The predicted molar refractivity (Wildman–Crippen MR) is 69.2 cm³/mol. The van der Waals surface area contributed by atoms with E-state index in [4.69, 9.17) is 10.5 Å². The van der Waals surface area contributed by atoms with Gasteiger partial charge >= 0.3 is 0 Å². The van der Waals surface area contributed by atoms with Crippen molar-refractivity contribution in [1.29, 1.82) is 10.5 Å². The van der Waals surface area contributed by atoms with Crippen molar-refractivity contribution in [2.45, 2.75) is 13.5 Å².